The Labute approximate surface area is 196 Å². The number of aromatic nitrogens is 3. The molecule has 0 atom stereocenters. The molecule has 3 rings (SSSR count). The maximum absolute atomic E-state index is 13.2. The highest BCUT2D eigenvalue weighted by atomic mass is 79.9. The van der Waals surface area contributed by atoms with Gasteiger partial charge in [-0.05, 0) is 48.0 Å². The molecular formula is C20H17BrCl3N3O3. The second-order valence-electron chi connectivity index (χ2n) is 6.24. The third kappa shape index (κ3) is 4.44. The molecule has 2 heterocycles. The van der Waals surface area contributed by atoms with E-state index in [2.05, 4.69) is 21.0 Å². The molecular weight excluding hydrogens is 517 g/mol. The zero-order valence-corrected chi connectivity index (χ0v) is 19.9. The Morgan fingerprint density at radius 1 is 1.17 bits per heavy atom. The quantitative estimate of drug-likeness (QED) is 0.383. The van der Waals surface area contributed by atoms with E-state index in [9.17, 15) is 9.59 Å². The van der Waals surface area contributed by atoms with Gasteiger partial charge < -0.3 is 9.30 Å². The zero-order valence-electron chi connectivity index (χ0n) is 16.1. The number of benzene rings is 1. The predicted molar refractivity (Wildman–Crippen MR) is 122 cm³/mol. The highest BCUT2D eigenvalue weighted by Gasteiger charge is 2.27. The van der Waals surface area contributed by atoms with E-state index in [1.807, 2.05) is 11.5 Å². The smallest absolute Gasteiger partial charge is 0.344 e. The summed E-state index contributed by atoms with van der Waals surface area (Å²) in [5.41, 5.74) is 1.03. The molecule has 3 aromatic rings. The van der Waals surface area contributed by atoms with Gasteiger partial charge >= 0.3 is 5.97 Å². The van der Waals surface area contributed by atoms with Crippen molar-refractivity contribution in [3.63, 3.8) is 0 Å². The van der Waals surface area contributed by atoms with Crippen molar-refractivity contribution in [2.45, 2.75) is 26.9 Å². The van der Waals surface area contributed by atoms with Gasteiger partial charge in [-0.2, -0.15) is 5.10 Å². The fourth-order valence-electron chi connectivity index (χ4n) is 3.16. The number of esters is 1. The first kappa shape index (κ1) is 22.9. The van der Waals surface area contributed by atoms with Gasteiger partial charge in [0.2, 0.25) is 5.43 Å². The summed E-state index contributed by atoms with van der Waals surface area (Å²) in [5.74, 6) is -0.708. The third-order valence-electron chi connectivity index (χ3n) is 4.42. The van der Waals surface area contributed by atoms with E-state index >= 15 is 0 Å². The van der Waals surface area contributed by atoms with Gasteiger partial charge in [0.05, 0.1) is 39.1 Å². The average Bonchev–Trinajstić information content (AvgIpc) is 3.12. The fourth-order valence-corrected chi connectivity index (χ4v) is 4.14. The highest BCUT2D eigenvalue weighted by Crippen LogP contribution is 2.32. The van der Waals surface area contributed by atoms with Gasteiger partial charge in [0.1, 0.15) is 5.56 Å². The first-order valence-electron chi connectivity index (χ1n) is 9.05. The van der Waals surface area contributed by atoms with Crippen LogP contribution in [0, 0.1) is 0 Å². The van der Waals surface area contributed by atoms with Gasteiger partial charge in [-0.25, -0.2) is 4.79 Å². The summed E-state index contributed by atoms with van der Waals surface area (Å²) >= 11 is 21.6. The molecule has 0 bridgehead atoms. The maximum atomic E-state index is 13.2. The highest BCUT2D eigenvalue weighted by molar-refractivity contribution is 9.10. The van der Waals surface area contributed by atoms with Gasteiger partial charge in [0, 0.05) is 18.3 Å². The molecule has 6 nitrogen and oxygen atoms in total. The largest absolute Gasteiger partial charge is 0.462 e. The Morgan fingerprint density at radius 2 is 1.90 bits per heavy atom. The molecule has 0 saturated heterocycles. The number of pyridine rings is 1. The van der Waals surface area contributed by atoms with Crippen LogP contribution in [0.1, 0.15) is 29.9 Å². The van der Waals surface area contributed by atoms with Crippen molar-refractivity contribution in [3.8, 4) is 11.3 Å². The Morgan fingerprint density at radius 3 is 2.47 bits per heavy atom. The minimum absolute atomic E-state index is 0.0776. The number of carbonyl (C=O) groups is 1. The Bertz CT molecular complexity index is 1170. The second-order valence-corrected chi connectivity index (χ2v) is 8.24. The lowest BCUT2D eigenvalue weighted by Gasteiger charge is -2.22. The van der Waals surface area contributed by atoms with Crippen LogP contribution in [0.4, 0.5) is 0 Å². The molecule has 2 aromatic heterocycles. The van der Waals surface area contributed by atoms with E-state index in [0.29, 0.717) is 38.7 Å². The Balaban J connectivity index is 2.35. The number of hydrogen-bond donors (Lipinski definition) is 0. The lowest BCUT2D eigenvalue weighted by Crippen LogP contribution is -2.27. The minimum atomic E-state index is -0.708. The van der Waals surface area contributed by atoms with Gasteiger partial charge in [-0.15, -0.1) is 0 Å². The van der Waals surface area contributed by atoms with Crippen LogP contribution in [0.5, 0.6) is 0 Å². The molecule has 0 fully saturated rings. The first-order chi connectivity index (χ1) is 14.3. The van der Waals surface area contributed by atoms with Crippen molar-refractivity contribution >= 4 is 56.7 Å². The molecule has 0 N–H and O–H groups in total. The second kappa shape index (κ2) is 9.56. The average molecular weight is 534 g/mol. The molecule has 10 heteroatoms. The van der Waals surface area contributed by atoms with Gasteiger partial charge in [0.25, 0.3) is 0 Å². The zero-order chi connectivity index (χ0) is 22.0. The van der Waals surface area contributed by atoms with Crippen LogP contribution < -0.4 is 5.43 Å². The molecule has 0 radical (unpaired) electrons. The van der Waals surface area contributed by atoms with Crippen LogP contribution in [-0.4, -0.2) is 26.9 Å². The Kier molecular flexibility index (Phi) is 7.29. The maximum Gasteiger partial charge on any atom is 0.344 e. The van der Waals surface area contributed by atoms with Crippen LogP contribution in [0.3, 0.4) is 0 Å². The summed E-state index contributed by atoms with van der Waals surface area (Å²) in [6, 6.07) is 6.60. The number of nitrogens with zero attached hydrogens (tertiary/aromatic N) is 3. The number of halogens is 4. The molecule has 158 valence electrons. The number of hydrogen-bond acceptors (Lipinski definition) is 4. The molecule has 30 heavy (non-hydrogen) atoms. The normalized spacial score (nSPS) is 11.0. The van der Waals surface area contributed by atoms with E-state index in [0.717, 1.165) is 0 Å². The van der Waals surface area contributed by atoms with E-state index in [1.54, 1.807) is 42.1 Å². The monoisotopic (exact) mass is 531 g/mol. The standard InChI is InChI=1S/C20H17BrCl3N3O3/c1-3-27-14(10-26-8-7-15(24)25-26)17(21)19(28)16(20(29)30-4-2)18(27)11-5-6-12(22)13(23)9-11/h5-9H,3-4,10H2,1-2H3. The predicted octanol–water partition coefficient (Wildman–Crippen LogP) is 5.68. The lowest BCUT2D eigenvalue weighted by molar-refractivity contribution is 0.0524. The Hall–Kier alpha value is -1.80. The fraction of sp³-hybridized carbons (Fsp3) is 0.250. The molecule has 1 aromatic carbocycles. The van der Waals surface area contributed by atoms with Crippen LogP contribution in [-0.2, 0) is 17.8 Å². The van der Waals surface area contributed by atoms with Crippen LogP contribution in [0.25, 0.3) is 11.3 Å². The van der Waals surface area contributed by atoms with E-state index in [-0.39, 0.29) is 23.2 Å². The number of rotatable bonds is 6. The molecule has 0 aliphatic carbocycles. The summed E-state index contributed by atoms with van der Waals surface area (Å²) in [5, 5.41) is 5.20. The summed E-state index contributed by atoms with van der Waals surface area (Å²) in [7, 11) is 0. The van der Waals surface area contributed by atoms with Crippen molar-refractivity contribution in [2.75, 3.05) is 6.61 Å². The van der Waals surface area contributed by atoms with Crippen LogP contribution >= 0.6 is 50.7 Å². The van der Waals surface area contributed by atoms with Crippen LogP contribution in [0.2, 0.25) is 15.2 Å². The van der Waals surface area contributed by atoms with Gasteiger partial charge in [-0.3, -0.25) is 9.48 Å². The molecule has 0 spiro atoms. The van der Waals surface area contributed by atoms with E-state index < -0.39 is 11.4 Å². The number of carbonyl (C=O) groups excluding carboxylic acids is 1. The molecule has 0 aliphatic rings. The minimum Gasteiger partial charge on any atom is -0.462 e. The summed E-state index contributed by atoms with van der Waals surface area (Å²) in [4.78, 5) is 26.0. The van der Waals surface area contributed by atoms with Crippen molar-refractivity contribution in [2.24, 2.45) is 0 Å². The molecule has 0 amide bonds. The van der Waals surface area contributed by atoms with Crippen LogP contribution in [0.15, 0.2) is 39.7 Å². The topological polar surface area (TPSA) is 66.1 Å². The van der Waals surface area contributed by atoms with Crippen molar-refractivity contribution < 1.29 is 9.53 Å². The summed E-state index contributed by atoms with van der Waals surface area (Å²) < 4.78 is 8.89. The third-order valence-corrected chi connectivity index (χ3v) is 6.18. The molecule has 0 saturated carbocycles. The van der Waals surface area contributed by atoms with Crippen molar-refractivity contribution in [1.82, 2.24) is 14.3 Å². The number of ether oxygens (including phenoxy) is 1. The molecule has 0 aliphatic heterocycles. The van der Waals surface area contributed by atoms with Crippen molar-refractivity contribution in [1.29, 1.82) is 0 Å². The van der Waals surface area contributed by atoms with E-state index in [1.165, 1.54) is 0 Å². The van der Waals surface area contributed by atoms with Gasteiger partial charge in [-0.1, -0.05) is 40.9 Å². The first-order valence-corrected chi connectivity index (χ1v) is 11.0. The van der Waals surface area contributed by atoms with Crippen molar-refractivity contribution in [3.05, 3.63) is 71.6 Å². The lowest BCUT2D eigenvalue weighted by atomic mass is 10.0. The summed E-state index contributed by atoms with van der Waals surface area (Å²) in [6.45, 7) is 4.45. The van der Waals surface area contributed by atoms with E-state index in [4.69, 9.17) is 39.5 Å². The molecule has 0 unspecified atom stereocenters. The van der Waals surface area contributed by atoms with Gasteiger partial charge in [0.15, 0.2) is 5.15 Å². The summed E-state index contributed by atoms with van der Waals surface area (Å²) in [6.07, 6.45) is 1.71. The SMILES string of the molecule is CCOC(=O)c1c(-c2ccc(Cl)c(Cl)c2)n(CC)c(Cn2ccc(Cl)n2)c(Br)c1=O.